The van der Waals surface area contributed by atoms with Crippen molar-refractivity contribution >= 4 is 45.2 Å². The molecule has 0 aliphatic carbocycles. The van der Waals surface area contributed by atoms with Gasteiger partial charge in [-0.2, -0.15) is 0 Å². The van der Waals surface area contributed by atoms with Gasteiger partial charge in [0.25, 0.3) is 0 Å². The SMILES string of the molecule is Cc1nc2[nH]cc(Cl)c(=O)c2cc1I. The molecule has 5 heteroatoms. The van der Waals surface area contributed by atoms with E-state index in [1.807, 2.05) is 6.92 Å². The summed E-state index contributed by atoms with van der Waals surface area (Å²) >= 11 is 7.85. The third kappa shape index (κ3) is 1.52. The molecule has 0 aromatic carbocycles. The van der Waals surface area contributed by atoms with Crippen molar-refractivity contribution in [2.45, 2.75) is 6.92 Å². The van der Waals surface area contributed by atoms with E-state index in [1.165, 1.54) is 6.20 Å². The van der Waals surface area contributed by atoms with E-state index in [4.69, 9.17) is 11.6 Å². The minimum Gasteiger partial charge on any atom is -0.344 e. The summed E-state index contributed by atoms with van der Waals surface area (Å²) in [7, 11) is 0. The van der Waals surface area contributed by atoms with Crippen LogP contribution in [0.5, 0.6) is 0 Å². The van der Waals surface area contributed by atoms with Crippen LogP contribution in [0.2, 0.25) is 5.02 Å². The zero-order valence-corrected chi connectivity index (χ0v) is 10.2. The van der Waals surface area contributed by atoms with Crippen LogP contribution in [0.25, 0.3) is 11.0 Å². The lowest BCUT2D eigenvalue weighted by atomic mass is 10.2. The van der Waals surface area contributed by atoms with E-state index in [1.54, 1.807) is 6.07 Å². The minimum absolute atomic E-state index is 0.175. The zero-order valence-electron chi connectivity index (χ0n) is 7.27. The van der Waals surface area contributed by atoms with E-state index in [0.717, 1.165) is 9.26 Å². The number of halogens is 2. The summed E-state index contributed by atoms with van der Waals surface area (Å²) in [6.45, 7) is 1.90. The van der Waals surface area contributed by atoms with E-state index in [-0.39, 0.29) is 10.5 Å². The highest BCUT2D eigenvalue weighted by Crippen LogP contribution is 2.15. The van der Waals surface area contributed by atoms with Gasteiger partial charge >= 0.3 is 0 Å². The van der Waals surface area contributed by atoms with Gasteiger partial charge in [0.05, 0.1) is 11.1 Å². The zero-order chi connectivity index (χ0) is 10.3. The average Bonchev–Trinajstić information content (AvgIpc) is 2.15. The Labute approximate surface area is 98.6 Å². The summed E-state index contributed by atoms with van der Waals surface area (Å²) < 4.78 is 0.961. The number of hydrogen-bond acceptors (Lipinski definition) is 2. The summed E-state index contributed by atoms with van der Waals surface area (Å²) in [5.74, 6) is 0. The molecule has 0 fully saturated rings. The number of aryl methyl sites for hydroxylation is 1. The first-order valence-electron chi connectivity index (χ1n) is 3.93. The molecule has 0 aliphatic heterocycles. The van der Waals surface area contributed by atoms with Gasteiger partial charge in [0.1, 0.15) is 10.7 Å². The van der Waals surface area contributed by atoms with Gasteiger partial charge in [-0.05, 0) is 35.6 Å². The average molecular weight is 321 g/mol. The third-order valence-corrected chi connectivity index (χ3v) is 3.32. The maximum atomic E-state index is 11.6. The number of pyridine rings is 2. The van der Waals surface area contributed by atoms with Crippen LogP contribution in [-0.4, -0.2) is 9.97 Å². The first-order chi connectivity index (χ1) is 6.59. The molecule has 0 amide bonds. The molecule has 0 atom stereocenters. The number of nitrogens with one attached hydrogen (secondary N) is 1. The van der Waals surface area contributed by atoms with Crippen molar-refractivity contribution in [3.05, 3.63) is 36.8 Å². The maximum absolute atomic E-state index is 11.6. The van der Waals surface area contributed by atoms with Crippen molar-refractivity contribution in [3.63, 3.8) is 0 Å². The molecule has 72 valence electrons. The van der Waals surface area contributed by atoms with E-state index in [2.05, 4.69) is 32.6 Å². The van der Waals surface area contributed by atoms with E-state index in [0.29, 0.717) is 11.0 Å². The Balaban J connectivity index is 2.97. The van der Waals surface area contributed by atoms with Gasteiger partial charge in [-0.25, -0.2) is 4.98 Å². The minimum atomic E-state index is -0.175. The van der Waals surface area contributed by atoms with Gasteiger partial charge in [-0.3, -0.25) is 4.79 Å². The second-order valence-electron chi connectivity index (χ2n) is 2.92. The fourth-order valence-corrected chi connectivity index (χ4v) is 1.78. The first-order valence-corrected chi connectivity index (χ1v) is 5.39. The summed E-state index contributed by atoms with van der Waals surface area (Å²) in [6, 6.07) is 1.79. The third-order valence-electron chi connectivity index (χ3n) is 1.95. The molecular formula is C9H6ClIN2O. The van der Waals surface area contributed by atoms with E-state index >= 15 is 0 Å². The molecule has 0 saturated heterocycles. The van der Waals surface area contributed by atoms with E-state index in [9.17, 15) is 4.79 Å². The van der Waals surface area contributed by atoms with Crippen molar-refractivity contribution in [2.75, 3.05) is 0 Å². The van der Waals surface area contributed by atoms with Crippen LogP contribution in [0.1, 0.15) is 5.69 Å². The van der Waals surface area contributed by atoms with Crippen molar-refractivity contribution in [3.8, 4) is 0 Å². The predicted molar refractivity (Wildman–Crippen MR) is 64.8 cm³/mol. The molecule has 2 aromatic rings. The fraction of sp³-hybridized carbons (Fsp3) is 0.111. The largest absolute Gasteiger partial charge is 0.344 e. The lowest BCUT2D eigenvalue weighted by Crippen LogP contribution is -2.05. The molecule has 0 bridgehead atoms. The molecule has 14 heavy (non-hydrogen) atoms. The lowest BCUT2D eigenvalue weighted by molar-refractivity contribution is 1.18. The molecule has 0 unspecified atom stereocenters. The highest BCUT2D eigenvalue weighted by Gasteiger charge is 2.06. The molecule has 2 rings (SSSR count). The van der Waals surface area contributed by atoms with Crippen LogP contribution in [0.3, 0.4) is 0 Å². The Morgan fingerprint density at radius 2 is 2.29 bits per heavy atom. The fourth-order valence-electron chi connectivity index (χ4n) is 1.19. The van der Waals surface area contributed by atoms with Gasteiger partial charge in [0.15, 0.2) is 0 Å². The maximum Gasteiger partial charge on any atom is 0.209 e. The topological polar surface area (TPSA) is 45.8 Å². The monoisotopic (exact) mass is 320 g/mol. The Hall–Kier alpha value is -0.620. The molecule has 3 nitrogen and oxygen atoms in total. The first kappa shape index (κ1) is 9.92. The van der Waals surface area contributed by atoms with Crippen molar-refractivity contribution in [2.24, 2.45) is 0 Å². The number of H-pyrrole nitrogens is 1. The Morgan fingerprint density at radius 1 is 1.57 bits per heavy atom. The number of rotatable bonds is 0. The van der Waals surface area contributed by atoms with Crippen LogP contribution in [0, 0.1) is 10.5 Å². The second kappa shape index (κ2) is 3.51. The van der Waals surface area contributed by atoms with Gasteiger partial charge in [0.2, 0.25) is 5.43 Å². The van der Waals surface area contributed by atoms with Crippen LogP contribution in [0.15, 0.2) is 17.1 Å². The number of hydrogen-bond donors (Lipinski definition) is 1. The highest BCUT2D eigenvalue weighted by molar-refractivity contribution is 14.1. The van der Waals surface area contributed by atoms with Crippen molar-refractivity contribution in [1.82, 2.24) is 9.97 Å². The highest BCUT2D eigenvalue weighted by atomic mass is 127. The Bertz CT molecular complexity index is 564. The molecule has 0 saturated carbocycles. The molecule has 0 radical (unpaired) electrons. The van der Waals surface area contributed by atoms with Gasteiger partial charge in [-0.1, -0.05) is 11.6 Å². The van der Waals surface area contributed by atoms with Crippen LogP contribution in [0.4, 0.5) is 0 Å². The Morgan fingerprint density at radius 3 is 3.00 bits per heavy atom. The summed E-state index contributed by atoms with van der Waals surface area (Å²) in [4.78, 5) is 18.7. The quantitative estimate of drug-likeness (QED) is 0.758. The molecule has 0 aliphatic rings. The number of nitrogens with zero attached hydrogens (tertiary/aromatic N) is 1. The normalized spacial score (nSPS) is 10.8. The molecule has 1 N–H and O–H groups in total. The number of aromatic amines is 1. The van der Waals surface area contributed by atoms with Crippen molar-refractivity contribution in [1.29, 1.82) is 0 Å². The van der Waals surface area contributed by atoms with Crippen molar-refractivity contribution < 1.29 is 0 Å². The number of fused-ring (bicyclic) bond motifs is 1. The Kier molecular flexibility index (Phi) is 2.48. The standard InChI is InChI=1S/C9H6ClIN2O/c1-4-7(11)2-5-8(14)6(10)3-12-9(5)13-4/h2-3H,1H3,(H,12,13,14). The summed E-state index contributed by atoms with van der Waals surface area (Å²) in [5, 5.41) is 0.728. The molecular weight excluding hydrogens is 314 g/mol. The molecule has 0 spiro atoms. The number of aromatic nitrogens is 2. The lowest BCUT2D eigenvalue weighted by Gasteiger charge is -2.01. The molecule has 2 aromatic heterocycles. The van der Waals surface area contributed by atoms with E-state index < -0.39 is 0 Å². The second-order valence-corrected chi connectivity index (χ2v) is 4.49. The van der Waals surface area contributed by atoms with Gasteiger partial charge in [0, 0.05) is 9.77 Å². The van der Waals surface area contributed by atoms with Crippen LogP contribution in [-0.2, 0) is 0 Å². The predicted octanol–water partition coefficient (Wildman–Crippen LogP) is 2.49. The molecule has 2 heterocycles. The summed E-state index contributed by atoms with van der Waals surface area (Å²) in [6.07, 6.45) is 1.46. The van der Waals surface area contributed by atoms with Crippen LogP contribution >= 0.6 is 34.2 Å². The smallest absolute Gasteiger partial charge is 0.209 e. The van der Waals surface area contributed by atoms with Gasteiger partial charge in [-0.15, -0.1) is 0 Å². The van der Waals surface area contributed by atoms with Gasteiger partial charge < -0.3 is 4.98 Å². The summed E-state index contributed by atoms with van der Waals surface area (Å²) in [5.41, 5.74) is 1.30. The van der Waals surface area contributed by atoms with Crippen LogP contribution < -0.4 is 5.43 Å².